The van der Waals surface area contributed by atoms with Crippen molar-refractivity contribution in [2.45, 2.75) is 6.54 Å². The fourth-order valence-electron chi connectivity index (χ4n) is 1.96. The maximum atomic E-state index is 4.01. The first-order valence-corrected chi connectivity index (χ1v) is 6.71. The molecule has 5 nitrogen and oxygen atoms in total. The van der Waals surface area contributed by atoms with Gasteiger partial charge in [0.1, 0.15) is 0 Å². The van der Waals surface area contributed by atoms with E-state index in [1.54, 1.807) is 4.68 Å². The summed E-state index contributed by atoms with van der Waals surface area (Å²) < 4.78 is 1.70. The Morgan fingerprint density at radius 3 is 2.43 bits per heavy atom. The largest absolute Gasteiger partial charge is 0.387 e. The van der Waals surface area contributed by atoms with E-state index < -0.39 is 0 Å². The van der Waals surface area contributed by atoms with Gasteiger partial charge in [0.05, 0.1) is 5.69 Å². The van der Waals surface area contributed by atoms with Crippen LogP contribution in [0.3, 0.4) is 0 Å². The van der Waals surface area contributed by atoms with Crippen LogP contribution >= 0.6 is 0 Å². The molecule has 104 valence electrons. The van der Waals surface area contributed by atoms with Gasteiger partial charge in [0.2, 0.25) is 0 Å². The smallest absolute Gasteiger partial charge is 0.181 e. The minimum Gasteiger partial charge on any atom is -0.387 e. The van der Waals surface area contributed by atoms with Gasteiger partial charge in [-0.05, 0) is 28.1 Å². The summed E-state index contributed by atoms with van der Waals surface area (Å²) in [5, 5.41) is 15.0. The van der Waals surface area contributed by atoms with Crippen molar-refractivity contribution in [1.29, 1.82) is 0 Å². The molecule has 0 fully saturated rings. The first-order chi connectivity index (χ1) is 10.4. The molecule has 0 aliphatic carbocycles. The maximum absolute atomic E-state index is 4.01. The van der Waals surface area contributed by atoms with Crippen LogP contribution in [0.2, 0.25) is 0 Å². The lowest BCUT2D eigenvalue weighted by atomic mass is 10.2. The molecule has 21 heavy (non-hydrogen) atoms. The molecule has 0 radical (unpaired) electrons. The summed E-state index contributed by atoms with van der Waals surface area (Å²) >= 11 is 0. The van der Waals surface area contributed by atoms with Crippen LogP contribution in [0.15, 0.2) is 66.9 Å². The Hall–Kier alpha value is -2.95. The number of hydrogen-bond acceptors (Lipinski definition) is 4. The highest BCUT2D eigenvalue weighted by molar-refractivity contribution is 5.43. The lowest BCUT2D eigenvalue weighted by Crippen LogP contribution is -2.05. The number of nitrogens with zero attached hydrogens (tertiary/aromatic N) is 4. The van der Waals surface area contributed by atoms with Gasteiger partial charge in [-0.15, -0.1) is 5.10 Å². The molecule has 0 amide bonds. The zero-order valence-corrected chi connectivity index (χ0v) is 11.4. The summed E-state index contributed by atoms with van der Waals surface area (Å²) in [6, 6.07) is 20.0. The summed E-state index contributed by atoms with van der Waals surface area (Å²) in [5.41, 5.74) is 2.16. The zero-order chi connectivity index (χ0) is 14.3. The Morgan fingerprint density at radius 1 is 0.952 bits per heavy atom. The normalized spacial score (nSPS) is 10.9. The van der Waals surface area contributed by atoms with Gasteiger partial charge in [0.15, 0.2) is 5.82 Å². The number of hydrogen-bond donors (Lipinski definition) is 1. The van der Waals surface area contributed by atoms with Gasteiger partial charge in [-0.3, -0.25) is 0 Å². The first kappa shape index (κ1) is 13.1. The highest BCUT2D eigenvalue weighted by atomic mass is 15.5. The minimum atomic E-state index is 0.682. The molecule has 1 N–H and O–H groups in total. The molecule has 0 saturated heterocycles. The SMILES string of the molecule is C(=C\c1nnnn1-c1ccccc1)/NCc1ccccc1. The van der Waals surface area contributed by atoms with Gasteiger partial charge in [0.25, 0.3) is 0 Å². The van der Waals surface area contributed by atoms with Crippen LogP contribution < -0.4 is 5.32 Å². The summed E-state index contributed by atoms with van der Waals surface area (Å²) in [6.45, 7) is 0.768. The fraction of sp³-hybridized carbons (Fsp3) is 0.0625. The predicted molar refractivity (Wildman–Crippen MR) is 81.5 cm³/mol. The van der Waals surface area contributed by atoms with Gasteiger partial charge in [0, 0.05) is 18.8 Å². The molecule has 0 unspecified atom stereocenters. The molecule has 3 rings (SSSR count). The third kappa shape index (κ3) is 3.33. The van der Waals surface area contributed by atoms with Crippen LogP contribution in [0.1, 0.15) is 11.4 Å². The van der Waals surface area contributed by atoms with Crippen molar-refractivity contribution < 1.29 is 0 Å². The van der Waals surface area contributed by atoms with Crippen LogP contribution in [0.4, 0.5) is 0 Å². The predicted octanol–water partition coefficient (Wildman–Crippen LogP) is 2.42. The van der Waals surface area contributed by atoms with Crippen LogP contribution in [0, 0.1) is 0 Å². The first-order valence-electron chi connectivity index (χ1n) is 6.71. The third-order valence-electron chi connectivity index (χ3n) is 2.99. The summed E-state index contributed by atoms with van der Waals surface area (Å²) in [5.74, 6) is 0.682. The Balaban J connectivity index is 1.66. The second-order valence-corrected chi connectivity index (χ2v) is 4.48. The summed E-state index contributed by atoms with van der Waals surface area (Å²) in [6.07, 6.45) is 3.72. The number of rotatable bonds is 5. The number of nitrogens with one attached hydrogen (secondary N) is 1. The average Bonchev–Trinajstić information content (AvgIpc) is 3.02. The standard InChI is InChI=1S/C16H15N5/c1-3-7-14(8-4-1)13-17-12-11-16-18-19-20-21(16)15-9-5-2-6-10-15/h1-12,17H,13H2/b12-11+. The van der Waals surface area contributed by atoms with E-state index in [-0.39, 0.29) is 0 Å². The lowest BCUT2D eigenvalue weighted by Gasteiger charge is -2.02. The van der Waals surface area contributed by atoms with Gasteiger partial charge < -0.3 is 5.32 Å². The van der Waals surface area contributed by atoms with E-state index in [1.807, 2.05) is 60.8 Å². The molecule has 0 atom stereocenters. The van der Waals surface area contributed by atoms with Gasteiger partial charge in [-0.25, -0.2) is 0 Å². The van der Waals surface area contributed by atoms with Gasteiger partial charge in [-0.2, -0.15) is 4.68 Å². The molecule has 0 spiro atoms. The second kappa shape index (κ2) is 6.47. The Labute approximate surface area is 122 Å². The molecule has 0 bridgehead atoms. The molecule has 5 heteroatoms. The van der Waals surface area contributed by atoms with Gasteiger partial charge in [-0.1, -0.05) is 48.5 Å². The number of para-hydroxylation sites is 1. The van der Waals surface area contributed by atoms with E-state index >= 15 is 0 Å². The van der Waals surface area contributed by atoms with Crippen molar-refractivity contribution in [1.82, 2.24) is 25.5 Å². The molecule has 0 saturated carbocycles. The average molecular weight is 277 g/mol. The van der Waals surface area contributed by atoms with Crippen LogP contribution in [0.5, 0.6) is 0 Å². The Morgan fingerprint density at radius 2 is 1.67 bits per heavy atom. The molecular weight excluding hydrogens is 262 g/mol. The maximum Gasteiger partial charge on any atom is 0.181 e. The second-order valence-electron chi connectivity index (χ2n) is 4.48. The van der Waals surface area contributed by atoms with Crippen LogP contribution in [-0.4, -0.2) is 20.2 Å². The molecule has 1 aromatic heterocycles. The molecule has 0 aliphatic heterocycles. The molecule has 1 heterocycles. The highest BCUT2D eigenvalue weighted by Gasteiger charge is 2.03. The zero-order valence-electron chi connectivity index (χ0n) is 11.4. The summed E-state index contributed by atoms with van der Waals surface area (Å²) in [4.78, 5) is 0. The fourth-order valence-corrected chi connectivity index (χ4v) is 1.96. The van der Waals surface area contributed by atoms with Crippen LogP contribution in [-0.2, 0) is 6.54 Å². The Bertz CT molecular complexity index is 704. The molecule has 0 aliphatic rings. The number of tetrazole rings is 1. The summed E-state index contributed by atoms with van der Waals surface area (Å²) in [7, 11) is 0. The quantitative estimate of drug-likeness (QED) is 0.778. The molecule has 2 aromatic carbocycles. The van der Waals surface area contributed by atoms with E-state index in [4.69, 9.17) is 0 Å². The van der Waals surface area contributed by atoms with Crippen molar-refractivity contribution >= 4 is 6.08 Å². The minimum absolute atomic E-state index is 0.682. The van der Waals surface area contributed by atoms with Crippen molar-refractivity contribution in [3.8, 4) is 5.69 Å². The van der Waals surface area contributed by atoms with Crippen LogP contribution in [0.25, 0.3) is 11.8 Å². The number of benzene rings is 2. The van der Waals surface area contributed by atoms with Crippen molar-refractivity contribution in [2.24, 2.45) is 0 Å². The monoisotopic (exact) mass is 277 g/mol. The van der Waals surface area contributed by atoms with E-state index in [9.17, 15) is 0 Å². The molecular formula is C16H15N5. The van der Waals surface area contributed by atoms with Crippen molar-refractivity contribution in [2.75, 3.05) is 0 Å². The Kier molecular flexibility index (Phi) is 4.02. The third-order valence-corrected chi connectivity index (χ3v) is 2.99. The number of aromatic nitrogens is 4. The lowest BCUT2D eigenvalue weighted by molar-refractivity contribution is 0.786. The van der Waals surface area contributed by atoms with Crippen molar-refractivity contribution in [3.05, 3.63) is 78.3 Å². The van der Waals surface area contributed by atoms with Gasteiger partial charge >= 0.3 is 0 Å². The van der Waals surface area contributed by atoms with E-state index in [0.29, 0.717) is 5.82 Å². The van der Waals surface area contributed by atoms with E-state index in [0.717, 1.165) is 12.2 Å². The van der Waals surface area contributed by atoms with Crippen molar-refractivity contribution in [3.63, 3.8) is 0 Å². The van der Waals surface area contributed by atoms with E-state index in [1.165, 1.54) is 5.56 Å². The topological polar surface area (TPSA) is 55.6 Å². The highest BCUT2D eigenvalue weighted by Crippen LogP contribution is 2.07. The van der Waals surface area contributed by atoms with E-state index in [2.05, 4.69) is 33.0 Å². The molecule has 3 aromatic rings.